The highest BCUT2D eigenvalue weighted by Gasteiger charge is 2.33. The van der Waals surface area contributed by atoms with Gasteiger partial charge in [0.25, 0.3) is 0 Å². The summed E-state index contributed by atoms with van der Waals surface area (Å²) in [5.74, 6) is 7.24. The van der Waals surface area contributed by atoms with Gasteiger partial charge in [0.15, 0.2) is 0 Å². The molecule has 0 atom stereocenters. The van der Waals surface area contributed by atoms with Crippen LogP contribution >= 0.6 is 0 Å². The summed E-state index contributed by atoms with van der Waals surface area (Å²) < 4.78 is 61.9. The van der Waals surface area contributed by atoms with Crippen LogP contribution in [-0.2, 0) is 58.1 Å². The summed E-state index contributed by atoms with van der Waals surface area (Å²) in [5, 5.41) is 0. The van der Waals surface area contributed by atoms with Gasteiger partial charge in [-0.15, -0.1) is 0 Å². The molecule has 2 aliphatic carbocycles. The Balaban J connectivity index is 0.000000309. The zero-order chi connectivity index (χ0) is 119. The molecular weight excluding hydrogens is 1780 g/mol. The minimum atomic E-state index is -2.00. The molecule has 11 aromatic carbocycles. The smallest absolute Gasteiger partial charge is 0.0347 e. The predicted molar refractivity (Wildman–Crippen MR) is 668 cm³/mol. The summed E-state index contributed by atoms with van der Waals surface area (Å²) in [6.07, 6.45) is 13.9. The van der Waals surface area contributed by atoms with Crippen LogP contribution in [0.1, 0.15) is 595 Å². The van der Waals surface area contributed by atoms with E-state index in [2.05, 4.69) is 458 Å². The van der Waals surface area contributed by atoms with Crippen LogP contribution in [0, 0.1) is 39.5 Å². The van der Waals surface area contributed by atoms with Gasteiger partial charge in [-0.1, -0.05) is 567 Å². The highest BCUT2D eigenvalue weighted by Crippen LogP contribution is 2.47. The Labute approximate surface area is 927 Å². The highest BCUT2D eigenvalue weighted by molar-refractivity contribution is 5.79. The third-order valence-electron chi connectivity index (χ3n) is 29.6. The number of hydrogen-bond donors (Lipinski definition) is 0. The van der Waals surface area contributed by atoms with E-state index in [1.54, 1.807) is 74.8 Å². The molecule has 0 aliphatic heterocycles. The first-order valence-corrected chi connectivity index (χ1v) is 58.0. The first-order valence-electron chi connectivity index (χ1n) is 62.0. The zero-order valence-corrected chi connectivity index (χ0v) is 104. The third-order valence-corrected chi connectivity index (χ3v) is 29.6. The molecule has 0 saturated heterocycles. The highest BCUT2D eigenvalue weighted by atomic mass is 14.4. The van der Waals surface area contributed by atoms with Crippen molar-refractivity contribution >= 4 is 0 Å². The van der Waals surface area contributed by atoms with Crippen LogP contribution in [0.4, 0.5) is 0 Å². The van der Waals surface area contributed by atoms with Crippen LogP contribution in [0.5, 0.6) is 0 Å². The van der Waals surface area contributed by atoms with Gasteiger partial charge in [-0.05, 0) is 356 Å². The van der Waals surface area contributed by atoms with Crippen LogP contribution < -0.4 is 0 Å². The van der Waals surface area contributed by atoms with Crippen molar-refractivity contribution < 1.29 is 11.0 Å². The van der Waals surface area contributed by atoms with E-state index in [1.807, 2.05) is 41.5 Å². The van der Waals surface area contributed by atoms with E-state index in [1.165, 1.54) is 180 Å². The third kappa shape index (κ3) is 39.5. The largest absolute Gasteiger partial charge is 0.0625 e. The number of benzene rings is 11. The molecule has 0 unspecified atom stereocenters. The number of hydrogen-bond acceptors (Lipinski definition) is 0. The molecule has 814 valence electrons. The minimum absolute atomic E-state index is 0.103. The summed E-state index contributed by atoms with van der Waals surface area (Å²) in [4.78, 5) is 0. The van der Waals surface area contributed by atoms with Crippen molar-refractivity contribution in [3.05, 3.63) is 363 Å². The average molecular weight is 2010 g/mol. The summed E-state index contributed by atoms with van der Waals surface area (Å²) in [5.41, 5.74) is 41.0. The van der Waals surface area contributed by atoms with Crippen molar-refractivity contribution in [2.45, 2.75) is 526 Å². The Morgan fingerprint density at radius 3 is 0.865 bits per heavy atom. The van der Waals surface area contributed by atoms with Crippen LogP contribution in [-0.4, -0.2) is 0 Å². The molecule has 0 nitrogen and oxygen atoms in total. The van der Waals surface area contributed by atoms with Gasteiger partial charge in [-0.2, -0.15) is 0 Å². The van der Waals surface area contributed by atoms with Crippen LogP contribution in [0.2, 0.25) is 0 Å². The molecule has 11 aromatic rings. The van der Waals surface area contributed by atoms with Crippen molar-refractivity contribution in [1.82, 2.24) is 0 Å². The topological polar surface area (TPSA) is 0 Å². The maximum Gasteiger partial charge on any atom is 0.0347 e. The van der Waals surface area contributed by atoms with Crippen molar-refractivity contribution in [2.24, 2.45) is 11.8 Å². The first kappa shape index (κ1) is 117. The molecule has 2 aliphatic rings. The fraction of sp³-hybridized carbons (Fsp3) is 0.554. The molecule has 0 bridgehead atoms. The van der Waals surface area contributed by atoms with Gasteiger partial charge in [0.2, 0.25) is 0 Å². The second kappa shape index (κ2) is 59.6. The lowest BCUT2D eigenvalue weighted by Crippen LogP contribution is -2.24. The fourth-order valence-corrected chi connectivity index (χ4v) is 22.8. The van der Waals surface area contributed by atoms with Crippen molar-refractivity contribution in [1.29, 1.82) is 0 Å². The fourth-order valence-electron chi connectivity index (χ4n) is 22.8. The molecule has 0 amide bonds. The van der Waals surface area contributed by atoms with E-state index in [-0.39, 0.29) is 38.4 Å². The zero-order valence-electron chi connectivity index (χ0n) is 112. The Kier molecular flexibility index (Phi) is 46.9. The van der Waals surface area contributed by atoms with Gasteiger partial charge in [-0.3, -0.25) is 0 Å². The molecule has 0 radical (unpaired) electrons. The Bertz CT molecular complexity index is 5630. The average Bonchev–Trinajstić information content (AvgIpc) is 0.750. The van der Waals surface area contributed by atoms with Gasteiger partial charge >= 0.3 is 0 Å². The molecule has 0 heterocycles. The van der Waals surface area contributed by atoms with E-state index in [4.69, 9.17) is 11.0 Å². The summed E-state index contributed by atoms with van der Waals surface area (Å²) in [6, 6.07) is 77.6. The van der Waals surface area contributed by atoms with Gasteiger partial charge in [0.05, 0.1) is 0 Å². The number of aryl methyl sites for hydroxylation is 6. The minimum Gasteiger partial charge on any atom is -0.0625 e. The lowest BCUT2D eigenvalue weighted by atomic mass is 9.70. The SMILES string of the molecule is CC(C)Cc1cccc(CC(C)C)c1C(C)C.CC(C)c1c(-c2ccccc2)cccc1-c1ccccc1.CC(C)c1c(C(C)(C)C)cc(C(C)(C)C)cc1C(C)(C)C.CC(C)c1c(C(C)(C)C)cccc1C(C)(C)C.CC(C)c1c(C2CCCCC2)cccc1C1CCCCC1.Cc1ccccc1C(C)C.[2H]C(C)(C)c1cccc(C(C)(C)C)c1C(C)C.[2H]C([2H])(C)c1cccc(C([2H])([2H])C)c1C(C)C.[2H]C([2H])([2H])c1cc(C)c(C(C)C)c(C)c1. The molecule has 0 heteroatoms. The second-order valence-electron chi connectivity index (χ2n) is 53.3. The summed E-state index contributed by atoms with van der Waals surface area (Å²) in [6.45, 7) is 102. The van der Waals surface area contributed by atoms with Crippen LogP contribution in [0.15, 0.2) is 218 Å². The lowest BCUT2D eigenvalue weighted by molar-refractivity contribution is 0.429. The van der Waals surface area contributed by atoms with E-state index in [0.717, 1.165) is 40.4 Å². The Morgan fingerprint density at radius 2 is 0.561 bits per heavy atom. The normalized spacial score (nSPS) is 14.5. The summed E-state index contributed by atoms with van der Waals surface area (Å²) >= 11 is 0. The maximum absolute atomic E-state index is 8.31. The van der Waals surface area contributed by atoms with Crippen LogP contribution in [0.3, 0.4) is 0 Å². The molecule has 0 spiro atoms. The Hall–Kier alpha value is -8.58. The van der Waals surface area contributed by atoms with Gasteiger partial charge in [-0.25, -0.2) is 0 Å². The predicted octanol–water partition coefficient (Wildman–Crippen LogP) is 46.4. The monoisotopic (exact) mass is 2010 g/mol. The van der Waals surface area contributed by atoms with Crippen molar-refractivity contribution in [3.8, 4) is 22.3 Å². The second-order valence-corrected chi connectivity index (χ2v) is 53.3. The molecule has 13 rings (SSSR count). The standard InChI is InChI=1S/C21H32.C21H20.C21H36.2C17H28.C16H26.C13H20.C12H18.C10H14/c2*1-16(2)21-19(17-10-5-3-6-11-17)14-9-15-20(21)18-12-7-4-8-13-18;1-14(2)18-16(20(6,7)8)12-15(19(3,4)5)13-17(18)21(9,10)11;1-12(2)15-13(16(3,4)5)10-9-11-14(15)17(6,7)8;1-12(2)10-15-8-7-9-16(11-13(3)4)17(15)14(5)6;1-11(2)13-9-8-10-14(16(5,6)7)15(13)12(3)4;1-5-11-8-7-9-12(6-2)13(11)10(3)4;1-8(2)12-10(4)6-9(3)7-11(12)5;1-8(2)10-7-5-4-6-9(10)3/h9,14-18H,3-8,10-13H2,1-2H3;3-16H,1-2H3;12-14H,1-11H3;9-12H,1-8H3;7-9,12-14H,10-11H2,1-6H3;8-12H,1-7H3;7-10H,5-6H2,1-4H3;6-8H,1-5H3;4-8H,1-3H3/i;;;;;11D;5D2,6D2;3D3;. The molecule has 2 fully saturated rings. The van der Waals surface area contributed by atoms with E-state index in [0.29, 0.717) is 64.0 Å². The lowest BCUT2D eigenvalue weighted by Gasteiger charge is -2.35. The molecular formula is C148H222. The first-order chi connectivity index (χ1) is 71.7. The van der Waals surface area contributed by atoms with E-state index < -0.39 is 25.5 Å². The number of rotatable bonds is 20. The van der Waals surface area contributed by atoms with E-state index >= 15 is 0 Å². The van der Waals surface area contributed by atoms with Crippen molar-refractivity contribution in [3.63, 3.8) is 0 Å². The molecule has 0 N–H and O–H groups in total. The van der Waals surface area contributed by atoms with E-state index in [9.17, 15) is 0 Å². The van der Waals surface area contributed by atoms with Gasteiger partial charge in [0.1, 0.15) is 0 Å². The molecule has 148 heavy (non-hydrogen) atoms. The van der Waals surface area contributed by atoms with Gasteiger partial charge < -0.3 is 0 Å². The molecule has 0 aromatic heterocycles. The maximum atomic E-state index is 8.31. The van der Waals surface area contributed by atoms with Gasteiger partial charge in [0, 0.05) is 11.0 Å². The Morgan fingerprint density at radius 1 is 0.264 bits per heavy atom. The summed E-state index contributed by atoms with van der Waals surface area (Å²) in [7, 11) is 0. The molecule has 2 saturated carbocycles. The quantitative estimate of drug-likeness (QED) is 0.0713. The van der Waals surface area contributed by atoms with Crippen LogP contribution in [0.25, 0.3) is 22.3 Å². The van der Waals surface area contributed by atoms with Crippen molar-refractivity contribution in [2.75, 3.05) is 0 Å².